The first-order valence-electron chi connectivity index (χ1n) is 9.09. The zero-order valence-electron chi connectivity index (χ0n) is 15.6. The van der Waals surface area contributed by atoms with Crippen molar-refractivity contribution in [2.45, 2.75) is 30.2 Å². The van der Waals surface area contributed by atoms with Gasteiger partial charge in [-0.1, -0.05) is 36.4 Å². The highest BCUT2D eigenvalue weighted by atomic mass is 35.5. The Labute approximate surface area is 171 Å². The van der Waals surface area contributed by atoms with Crippen molar-refractivity contribution in [3.63, 3.8) is 0 Å². The van der Waals surface area contributed by atoms with Crippen LogP contribution >= 0.6 is 12.4 Å². The fourth-order valence-electron chi connectivity index (χ4n) is 4.04. The van der Waals surface area contributed by atoms with Crippen LogP contribution in [0.15, 0.2) is 53.4 Å². The Morgan fingerprint density at radius 1 is 1.11 bits per heavy atom. The van der Waals surface area contributed by atoms with Crippen LogP contribution in [-0.2, 0) is 21.2 Å². The standard InChI is InChI=1S/C20H23N3O3S.ClH/c1-14(24)23-10-9-16-7-8-17(11-20(16)23)27(25,26)22-12-18(19(21)13-22)15-5-3-2-4-6-15;/h2-8,11,18-19H,9-10,12-13,21H2,1H3;1H/t18-,19+;/m0./s1. The molecule has 0 aromatic heterocycles. The van der Waals surface area contributed by atoms with Crippen LogP contribution in [0.5, 0.6) is 0 Å². The first-order valence-corrected chi connectivity index (χ1v) is 10.5. The molecule has 2 aromatic carbocycles. The SMILES string of the molecule is CC(=O)N1CCc2ccc(S(=O)(=O)N3C[C@@H](N)[C@H](c4ccccc4)C3)cc21.Cl. The summed E-state index contributed by atoms with van der Waals surface area (Å²) in [6.45, 7) is 2.75. The number of hydrogen-bond acceptors (Lipinski definition) is 4. The average molecular weight is 422 g/mol. The maximum Gasteiger partial charge on any atom is 0.243 e. The molecule has 2 atom stereocenters. The molecule has 1 saturated heterocycles. The number of nitrogens with zero attached hydrogens (tertiary/aromatic N) is 2. The Balaban J connectivity index is 0.00000225. The van der Waals surface area contributed by atoms with Crippen molar-refractivity contribution in [3.8, 4) is 0 Å². The fraction of sp³-hybridized carbons (Fsp3) is 0.350. The summed E-state index contributed by atoms with van der Waals surface area (Å²) in [5.41, 5.74) is 9.03. The molecule has 28 heavy (non-hydrogen) atoms. The first-order chi connectivity index (χ1) is 12.9. The molecule has 2 aromatic rings. The number of sulfonamides is 1. The number of hydrogen-bond donors (Lipinski definition) is 1. The van der Waals surface area contributed by atoms with Crippen molar-refractivity contribution >= 4 is 34.0 Å². The van der Waals surface area contributed by atoms with Crippen LogP contribution in [0.1, 0.15) is 24.0 Å². The van der Waals surface area contributed by atoms with Crippen molar-refractivity contribution in [2.24, 2.45) is 5.73 Å². The number of amides is 1. The second-order valence-corrected chi connectivity index (χ2v) is 9.15. The van der Waals surface area contributed by atoms with Crippen LogP contribution in [0, 0.1) is 0 Å². The van der Waals surface area contributed by atoms with Gasteiger partial charge in [-0.05, 0) is 29.7 Å². The van der Waals surface area contributed by atoms with E-state index >= 15 is 0 Å². The van der Waals surface area contributed by atoms with E-state index in [0.29, 0.717) is 18.8 Å². The summed E-state index contributed by atoms with van der Waals surface area (Å²) in [5, 5.41) is 0. The zero-order chi connectivity index (χ0) is 19.2. The van der Waals surface area contributed by atoms with E-state index in [0.717, 1.165) is 17.5 Å². The molecule has 150 valence electrons. The quantitative estimate of drug-likeness (QED) is 0.822. The summed E-state index contributed by atoms with van der Waals surface area (Å²) in [6.07, 6.45) is 0.750. The topological polar surface area (TPSA) is 83.7 Å². The third-order valence-corrected chi connectivity index (χ3v) is 7.36. The minimum absolute atomic E-state index is 0. The predicted octanol–water partition coefficient (Wildman–Crippen LogP) is 2.13. The maximum atomic E-state index is 13.2. The van der Waals surface area contributed by atoms with Crippen LogP contribution in [0.2, 0.25) is 0 Å². The molecule has 0 radical (unpaired) electrons. The van der Waals surface area contributed by atoms with Gasteiger partial charge in [0.1, 0.15) is 0 Å². The van der Waals surface area contributed by atoms with Gasteiger partial charge in [-0.25, -0.2) is 8.42 Å². The Hall–Kier alpha value is -1.93. The van der Waals surface area contributed by atoms with Gasteiger partial charge in [-0.15, -0.1) is 12.4 Å². The van der Waals surface area contributed by atoms with Gasteiger partial charge >= 0.3 is 0 Å². The average Bonchev–Trinajstić information content (AvgIpc) is 3.25. The van der Waals surface area contributed by atoms with Crippen LogP contribution in [0.25, 0.3) is 0 Å². The first kappa shape index (κ1) is 20.8. The minimum Gasteiger partial charge on any atom is -0.326 e. The third-order valence-electron chi connectivity index (χ3n) is 5.53. The van der Waals surface area contributed by atoms with Crippen LogP contribution in [0.4, 0.5) is 5.69 Å². The highest BCUT2D eigenvalue weighted by molar-refractivity contribution is 7.89. The predicted molar refractivity (Wildman–Crippen MR) is 111 cm³/mol. The van der Waals surface area contributed by atoms with Gasteiger partial charge in [-0.2, -0.15) is 4.31 Å². The van der Waals surface area contributed by atoms with Gasteiger partial charge in [0.2, 0.25) is 15.9 Å². The summed E-state index contributed by atoms with van der Waals surface area (Å²) in [5.74, 6) is -0.0974. The summed E-state index contributed by atoms with van der Waals surface area (Å²) in [6, 6.07) is 14.6. The molecule has 8 heteroatoms. The molecule has 0 aliphatic carbocycles. The molecule has 2 aliphatic rings. The van der Waals surface area contributed by atoms with Gasteiger partial charge in [0.05, 0.1) is 4.90 Å². The Morgan fingerprint density at radius 2 is 1.82 bits per heavy atom. The van der Waals surface area contributed by atoms with E-state index in [-0.39, 0.29) is 41.7 Å². The molecule has 1 fully saturated rings. The van der Waals surface area contributed by atoms with Crippen LogP contribution in [0.3, 0.4) is 0 Å². The number of rotatable bonds is 3. The Bertz CT molecular complexity index is 981. The number of anilines is 1. The molecule has 2 heterocycles. The van der Waals surface area contributed by atoms with Gasteiger partial charge in [0.25, 0.3) is 0 Å². The van der Waals surface area contributed by atoms with Crippen molar-refractivity contribution in [1.82, 2.24) is 4.31 Å². The van der Waals surface area contributed by atoms with E-state index < -0.39 is 10.0 Å². The maximum absolute atomic E-state index is 13.2. The summed E-state index contributed by atoms with van der Waals surface area (Å²) < 4.78 is 27.9. The largest absolute Gasteiger partial charge is 0.326 e. The van der Waals surface area contributed by atoms with Gasteiger partial charge in [0, 0.05) is 44.2 Å². The number of nitrogens with two attached hydrogens (primary N) is 1. The van der Waals surface area contributed by atoms with Crippen LogP contribution < -0.4 is 10.6 Å². The molecule has 2 N–H and O–H groups in total. The van der Waals surface area contributed by atoms with E-state index in [1.807, 2.05) is 36.4 Å². The summed E-state index contributed by atoms with van der Waals surface area (Å²) in [7, 11) is -3.67. The lowest BCUT2D eigenvalue weighted by atomic mass is 9.95. The van der Waals surface area contributed by atoms with Gasteiger partial charge in [-0.3, -0.25) is 4.79 Å². The number of halogens is 1. The van der Waals surface area contributed by atoms with Crippen LogP contribution in [-0.4, -0.2) is 44.3 Å². The van der Waals surface area contributed by atoms with Crippen molar-refractivity contribution in [3.05, 3.63) is 59.7 Å². The molecule has 4 rings (SSSR count). The molecule has 6 nitrogen and oxygen atoms in total. The number of carbonyl (C=O) groups is 1. The molecule has 2 aliphatic heterocycles. The third kappa shape index (κ3) is 3.55. The molecular weight excluding hydrogens is 398 g/mol. The Morgan fingerprint density at radius 3 is 2.50 bits per heavy atom. The molecule has 0 spiro atoms. The zero-order valence-corrected chi connectivity index (χ0v) is 17.2. The highest BCUT2D eigenvalue weighted by Gasteiger charge is 2.38. The fourth-order valence-corrected chi connectivity index (χ4v) is 5.56. The minimum atomic E-state index is -3.67. The molecule has 0 unspecified atom stereocenters. The van der Waals surface area contributed by atoms with E-state index in [1.54, 1.807) is 17.0 Å². The van der Waals surface area contributed by atoms with Gasteiger partial charge in [0.15, 0.2) is 0 Å². The molecule has 1 amide bonds. The summed E-state index contributed by atoms with van der Waals surface area (Å²) in [4.78, 5) is 13.7. The highest BCUT2D eigenvalue weighted by Crippen LogP contribution is 2.34. The van der Waals surface area contributed by atoms with Crippen molar-refractivity contribution < 1.29 is 13.2 Å². The molecular formula is C20H24ClN3O3S. The Kier molecular flexibility index (Phi) is 5.82. The number of fused-ring (bicyclic) bond motifs is 1. The van der Waals surface area contributed by atoms with E-state index in [1.165, 1.54) is 11.2 Å². The van der Waals surface area contributed by atoms with Gasteiger partial charge < -0.3 is 10.6 Å². The second-order valence-electron chi connectivity index (χ2n) is 7.21. The monoisotopic (exact) mass is 421 g/mol. The molecule has 0 saturated carbocycles. The lowest BCUT2D eigenvalue weighted by Gasteiger charge is -2.19. The molecule has 0 bridgehead atoms. The van der Waals surface area contributed by atoms with Crippen molar-refractivity contribution in [1.29, 1.82) is 0 Å². The number of benzene rings is 2. The van der Waals surface area contributed by atoms with E-state index in [9.17, 15) is 13.2 Å². The number of carbonyl (C=O) groups excluding carboxylic acids is 1. The lowest BCUT2D eigenvalue weighted by molar-refractivity contribution is -0.116. The van der Waals surface area contributed by atoms with Crippen molar-refractivity contribution in [2.75, 3.05) is 24.5 Å². The lowest BCUT2D eigenvalue weighted by Crippen LogP contribution is -2.32. The smallest absolute Gasteiger partial charge is 0.243 e. The van der Waals surface area contributed by atoms with E-state index in [4.69, 9.17) is 5.73 Å². The normalized spacial score (nSPS) is 22.0. The summed E-state index contributed by atoms with van der Waals surface area (Å²) >= 11 is 0. The second kappa shape index (κ2) is 7.83. The van der Waals surface area contributed by atoms with E-state index in [2.05, 4.69) is 0 Å².